The van der Waals surface area contributed by atoms with E-state index < -0.39 is 10.0 Å². The Balaban J connectivity index is 1.41. The van der Waals surface area contributed by atoms with Crippen molar-refractivity contribution in [2.24, 2.45) is 0 Å². The fourth-order valence-corrected chi connectivity index (χ4v) is 4.44. The molecule has 0 aromatic heterocycles. The van der Waals surface area contributed by atoms with Gasteiger partial charge in [-0.15, -0.1) is 0 Å². The Kier molecular flexibility index (Phi) is 6.46. The molecule has 2 aromatic rings. The van der Waals surface area contributed by atoms with E-state index in [0.717, 1.165) is 43.0 Å². The number of nitrogens with zero attached hydrogens (tertiary/aromatic N) is 2. The number of rotatable bonds is 7. The molecule has 1 aliphatic rings. The van der Waals surface area contributed by atoms with Gasteiger partial charge in [0, 0.05) is 45.0 Å². The fraction of sp³-hybridized carbons (Fsp3) is 0.400. The summed E-state index contributed by atoms with van der Waals surface area (Å²) in [4.78, 5) is 4.47. The maximum absolute atomic E-state index is 13.0. The van der Waals surface area contributed by atoms with Crippen LogP contribution in [0, 0.1) is 12.7 Å². The van der Waals surface area contributed by atoms with Gasteiger partial charge in [0.1, 0.15) is 5.82 Å². The molecule has 1 aliphatic heterocycles. The van der Waals surface area contributed by atoms with Gasteiger partial charge < -0.3 is 4.90 Å². The van der Waals surface area contributed by atoms with Crippen molar-refractivity contribution < 1.29 is 12.8 Å². The average molecular weight is 392 g/mol. The first-order chi connectivity index (χ1) is 12.9. The Morgan fingerprint density at radius 1 is 1.04 bits per heavy atom. The number of halogens is 1. The predicted molar refractivity (Wildman–Crippen MR) is 107 cm³/mol. The number of nitrogens with one attached hydrogen (secondary N) is 1. The van der Waals surface area contributed by atoms with Crippen molar-refractivity contribution >= 4 is 15.7 Å². The van der Waals surface area contributed by atoms with Gasteiger partial charge in [0.05, 0.1) is 5.75 Å². The van der Waals surface area contributed by atoms with Crippen LogP contribution in [0.25, 0.3) is 0 Å². The maximum Gasteiger partial charge on any atom is 0.215 e. The highest BCUT2D eigenvalue weighted by atomic mass is 32.2. The van der Waals surface area contributed by atoms with Gasteiger partial charge in [0.15, 0.2) is 0 Å². The van der Waals surface area contributed by atoms with Gasteiger partial charge in [-0.1, -0.05) is 29.8 Å². The van der Waals surface area contributed by atoms with Crippen molar-refractivity contribution in [2.45, 2.75) is 12.7 Å². The summed E-state index contributed by atoms with van der Waals surface area (Å²) >= 11 is 0. The number of anilines is 1. The second kappa shape index (κ2) is 8.82. The van der Waals surface area contributed by atoms with E-state index >= 15 is 0 Å². The molecule has 3 rings (SSSR count). The topological polar surface area (TPSA) is 52.7 Å². The molecule has 146 valence electrons. The van der Waals surface area contributed by atoms with E-state index in [0.29, 0.717) is 13.1 Å². The van der Waals surface area contributed by atoms with Gasteiger partial charge in [-0.05, 0) is 36.8 Å². The first-order valence-electron chi connectivity index (χ1n) is 9.17. The lowest BCUT2D eigenvalue weighted by Gasteiger charge is -2.36. The van der Waals surface area contributed by atoms with E-state index in [4.69, 9.17) is 0 Å². The van der Waals surface area contributed by atoms with Gasteiger partial charge in [-0.2, -0.15) is 0 Å². The van der Waals surface area contributed by atoms with Crippen LogP contribution in [0.2, 0.25) is 0 Å². The van der Waals surface area contributed by atoms with Crippen LogP contribution >= 0.6 is 0 Å². The van der Waals surface area contributed by atoms with Crippen molar-refractivity contribution in [3.63, 3.8) is 0 Å². The van der Waals surface area contributed by atoms with Gasteiger partial charge in [-0.3, -0.25) is 4.90 Å². The quantitative estimate of drug-likeness (QED) is 0.787. The van der Waals surface area contributed by atoms with Crippen LogP contribution in [-0.2, 0) is 15.8 Å². The molecular weight excluding hydrogens is 365 g/mol. The molecule has 0 saturated carbocycles. The normalized spacial score (nSPS) is 15.9. The number of hydrogen-bond acceptors (Lipinski definition) is 4. The molecule has 1 heterocycles. The highest BCUT2D eigenvalue weighted by Crippen LogP contribution is 2.16. The molecule has 0 aliphatic carbocycles. The van der Waals surface area contributed by atoms with Crippen molar-refractivity contribution in [2.75, 3.05) is 44.2 Å². The van der Waals surface area contributed by atoms with Crippen molar-refractivity contribution in [3.8, 4) is 0 Å². The monoisotopic (exact) mass is 391 g/mol. The van der Waals surface area contributed by atoms with Gasteiger partial charge in [0.2, 0.25) is 10.0 Å². The predicted octanol–water partition coefficient (Wildman–Crippen LogP) is 2.38. The molecule has 27 heavy (non-hydrogen) atoms. The zero-order valence-electron chi connectivity index (χ0n) is 15.6. The third kappa shape index (κ3) is 6.02. The van der Waals surface area contributed by atoms with Crippen molar-refractivity contribution in [1.29, 1.82) is 0 Å². The van der Waals surface area contributed by atoms with E-state index in [9.17, 15) is 12.8 Å². The summed E-state index contributed by atoms with van der Waals surface area (Å²) in [7, 11) is -3.33. The first kappa shape index (κ1) is 19.8. The molecule has 0 radical (unpaired) electrons. The highest BCUT2D eigenvalue weighted by molar-refractivity contribution is 7.88. The van der Waals surface area contributed by atoms with Crippen molar-refractivity contribution in [1.82, 2.24) is 9.62 Å². The highest BCUT2D eigenvalue weighted by Gasteiger charge is 2.18. The molecule has 1 N–H and O–H groups in total. The molecule has 1 saturated heterocycles. The van der Waals surface area contributed by atoms with E-state index in [-0.39, 0.29) is 11.6 Å². The molecular formula is C20H26FN3O2S. The second-order valence-corrected chi connectivity index (χ2v) is 8.75. The van der Waals surface area contributed by atoms with E-state index in [1.54, 1.807) is 12.1 Å². The summed E-state index contributed by atoms with van der Waals surface area (Å²) in [5, 5.41) is 0. The number of sulfonamides is 1. The Labute approximate surface area is 160 Å². The second-order valence-electron chi connectivity index (χ2n) is 6.95. The Morgan fingerprint density at radius 2 is 1.74 bits per heavy atom. The van der Waals surface area contributed by atoms with Crippen LogP contribution in [0.4, 0.5) is 10.1 Å². The molecule has 2 aromatic carbocycles. The molecule has 0 amide bonds. The molecule has 0 spiro atoms. The Bertz CT molecular complexity index is 848. The minimum absolute atomic E-state index is 0.00697. The van der Waals surface area contributed by atoms with Gasteiger partial charge in [-0.25, -0.2) is 17.5 Å². The molecule has 1 fully saturated rings. The smallest absolute Gasteiger partial charge is 0.215 e. The van der Waals surface area contributed by atoms with Crippen LogP contribution < -0.4 is 9.62 Å². The standard InChI is InChI=1S/C20H26FN3O2S/c1-17-3-2-4-18(15-17)16-27(25,26)22-9-10-23-11-13-24(14-12-23)20-7-5-19(21)6-8-20/h2-8,15,22H,9-14,16H2,1H3. The largest absolute Gasteiger partial charge is 0.369 e. The lowest BCUT2D eigenvalue weighted by atomic mass is 10.2. The van der Waals surface area contributed by atoms with E-state index in [2.05, 4.69) is 14.5 Å². The van der Waals surface area contributed by atoms with Gasteiger partial charge in [0.25, 0.3) is 0 Å². The van der Waals surface area contributed by atoms with Crippen LogP contribution in [-0.4, -0.2) is 52.6 Å². The minimum Gasteiger partial charge on any atom is -0.369 e. The SMILES string of the molecule is Cc1cccc(CS(=O)(=O)NCCN2CCN(c3ccc(F)cc3)CC2)c1. The fourth-order valence-electron chi connectivity index (χ4n) is 3.31. The third-order valence-corrected chi connectivity index (χ3v) is 6.11. The Hall–Kier alpha value is -1.96. The summed E-state index contributed by atoms with van der Waals surface area (Å²) < 4.78 is 40.2. The zero-order chi connectivity index (χ0) is 19.3. The summed E-state index contributed by atoms with van der Waals surface area (Å²) in [5.41, 5.74) is 2.88. The van der Waals surface area contributed by atoms with Crippen LogP contribution in [0.15, 0.2) is 48.5 Å². The lowest BCUT2D eigenvalue weighted by molar-refractivity contribution is 0.262. The lowest BCUT2D eigenvalue weighted by Crippen LogP contribution is -2.48. The van der Waals surface area contributed by atoms with Crippen LogP contribution in [0.5, 0.6) is 0 Å². The molecule has 5 nitrogen and oxygen atoms in total. The summed E-state index contributed by atoms with van der Waals surface area (Å²) in [6, 6.07) is 14.1. The molecule has 0 unspecified atom stereocenters. The average Bonchev–Trinajstić information content (AvgIpc) is 2.62. The van der Waals surface area contributed by atoms with E-state index in [1.807, 2.05) is 31.2 Å². The summed E-state index contributed by atoms with van der Waals surface area (Å²) in [6.07, 6.45) is 0. The van der Waals surface area contributed by atoms with Gasteiger partial charge >= 0.3 is 0 Å². The van der Waals surface area contributed by atoms with Crippen molar-refractivity contribution in [3.05, 3.63) is 65.5 Å². The molecule has 7 heteroatoms. The van der Waals surface area contributed by atoms with Crippen LogP contribution in [0.3, 0.4) is 0 Å². The number of hydrogen-bond donors (Lipinski definition) is 1. The maximum atomic E-state index is 13.0. The molecule has 0 bridgehead atoms. The third-order valence-electron chi connectivity index (χ3n) is 4.75. The van der Waals surface area contributed by atoms with Crippen LogP contribution in [0.1, 0.15) is 11.1 Å². The minimum atomic E-state index is -3.33. The molecule has 0 atom stereocenters. The number of benzene rings is 2. The summed E-state index contributed by atoms with van der Waals surface area (Å²) in [5.74, 6) is -0.220. The number of piperazine rings is 1. The number of aryl methyl sites for hydroxylation is 1. The first-order valence-corrected chi connectivity index (χ1v) is 10.8. The Morgan fingerprint density at radius 3 is 2.41 bits per heavy atom. The van der Waals surface area contributed by atoms with E-state index in [1.165, 1.54) is 12.1 Å². The summed E-state index contributed by atoms with van der Waals surface area (Å²) in [6.45, 7) is 6.46. The zero-order valence-corrected chi connectivity index (χ0v) is 16.4.